The highest BCUT2D eigenvalue weighted by Gasteiger charge is 2.70. The number of anilines is 1. The number of hydrogen-bond acceptors (Lipinski definition) is 8. The number of phenolic OH excluding ortho intramolecular Hbond substituents is 2. The number of amides is 3. The monoisotopic (exact) mass is 513 g/mol. The summed E-state index contributed by atoms with van der Waals surface area (Å²) in [7, 11) is 0. The maximum absolute atomic E-state index is 14.0. The second-order valence-electron chi connectivity index (χ2n) is 10.0. The summed E-state index contributed by atoms with van der Waals surface area (Å²) in [6.45, 7) is 0.148. The Morgan fingerprint density at radius 1 is 0.895 bits per heavy atom. The number of carbonyl (C=O) groups is 3. The van der Waals surface area contributed by atoms with Crippen molar-refractivity contribution in [1.82, 2.24) is 10.2 Å². The molecule has 10 heteroatoms. The van der Waals surface area contributed by atoms with E-state index in [-0.39, 0.29) is 43.1 Å². The lowest BCUT2D eigenvalue weighted by Crippen LogP contribution is -2.53. The summed E-state index contributed by atoms with van der Waals surface area (Å²) in [6, 6.07) is 16.3. The second-order valence-corrected chi connectivity index (χ2v) is 10.0. The van der Waals surface area contributed by atoms with Crippen molar-refractivity contribution in [2.75, 3.05) is 12.1 Å². The van der Waals surface area contributed by atoms with E-state index in [0.29, 0.717) is 33.9 Å². The van der Waals surface area contributed by atoms with E-state index in [9.17, 15) is 24.6 Å². The van der Waals surface area contributed by atoms with E-state index in [0.717, 1.165) is 0 Å². The van der Waals surface area contributed by atoms with Gasteiger partial charge in [0.2, 0.25) is 24.5 Å². The van der Waals surface area contributed by atoms with Crippen molar-refractivity contribution in [1.29, 1.82) is 0 Å². The number of carbonyl (C=O) groups excluding carboxylic acids is 3. The highest BCUT2D eigenvalue weighted by molar-refractivity contribution is 6.15. The zero-order valence-corrected chi connectivity index (χ0v) is 20.0. The van der Waals surface area contributed by atoms with Gasteiger partial charge in [-0.2, -0.15) is 0 Å². The summed E-state index contributed by atoms with van der Waals surface area (Å²) in [5.41, 5.74) is 1.16. The Balaban J connectivity index is 1.29. The molecule has 1 spiro atoms. The molecular formula is C28H23N3O7. The van der Waals surface area contributed by atoms with Gasteiger partial charge >= 0.3 is 0 Å². The maximum atomic E-state index is 14.0. The van der Waals surface area contributed by atoms with E-state index in [4.69, 9.17) is 9.47 Å². The molecule has 4 aliphatic heterocycles. The van der Waals surface area contributed by atoms with Gasteiger partial charge in [-0.1, -0.05) is 30.3 Å². The molecule has 7 rings (SSSR count). The Morgan fingerprint density at radius 2 is 1.68 bits per heavy atom. The Morgan fingerprint density at radius 3 is 2.53 bits per heavy atom. The number of phenols is 2. The van der Waals surface area contributed by atoms with Gasteiger partial charge in [-0.25, -0.2) is 0 Å². The fraction of sp³-hybridized carbons (Fsp3) is 0.250. The van der Waals surface area contributed by atoms with Gasteiger partial charge in [-0.3, -0.25) is 24.6 Å². The number of aromatic hydroxyl groups is 2. The molecule has 10 nitrogen and oxygen atoms in total. The lowest BCUT2D eigenvalue weighted by Gasteiger charge is -2.29. The highest BCUT2D eigenvalue weighted by atomic mass is 16.7. The van der Waals surface area contributed by atoms with Crippen LogP contribution in [-0.2, 0) is 32.9 Å². The summed E-state index contributed by atoms with van der Waals surface area (Å²) in [4.78, 5) is 42.7. The molecule has 3 aromatic rings. The molecule has 0 aliphatic carbocycles. The number of nitrogens with zero attached hydrogens (tertiary/aromatic N) is 1. The van der Waals surface area contributed by atoms with Gasteiger partial charge in [0.05, 0.1) is 18.4 Å². The number of fused-ring (bicyclic) bond motifs is 5. The van der Waals surface area contributed by atoms with Crippen molar-refractivity contribution in [2.24, 2.45) is 11.8 Å². The van der Waals surface area contributed by atoms with E-state index in [2.05, 4.69) is 10.6 Å². The second kappa shape index (κ2) is 7.96. The van der Waals surface area contributed by atoms with E-state index < -0.39 is 29.3 Å². The van der Waals surface area contributed by atoms with Crippen LogP contribution in [0.4, 0.5) is 5.69 Å². The SMILES string of the molecule is O=C1[C@@H]2[C@H](Cc3ccc(O)c(O)c3)N[C@@]3(C(=O)Nc4ccccc43)[C@@H]2C(=O)N1Cc1ccc2c(c1)OCO2. The van der Waals surface area contributed by atoms with Gasteiger partial charge in [0.1, 0.15) is 5.54 Å². The van der Waals surface area contributed by atoms with Crippen molar-refractivity contribution < 1.29 is 34.1 Å². The van der Waals surface area contributed by atoms with Crippen LogP contribution < -0.4 is 20.1 Å². The number of nitrogens with one attached hydrogen (secondary N) is 2. The van der Waals surface area contributed by atoms with Crippen molar-refractivity contribution in [3.8, 4) is 23.0 Å². The van der Waals surface area contributed by atoms with Gasteiger partial charge in [0.15, 0.2) is 23.0 Å². The fourth-order valence-electron chi connectivity index (χ4n) is 6.32. The van der Waals surface area contributed by atoms with Crippen LogP contribution in [0.25, 0.3) is 0 Å². The molecule has 192 valence electrons. The molecule has 3 aromatic carbocycles. The first-order valence-corrected chi connectivity index (χ1v) is 12.3. The first kappa shape index (κ1) is 22.6. The predicted octanol–water partition coefficient (Wildman–Crippen LogP) is 1.99. The summed E-state index contributed by atoms with van der Waals surface area (Å²) in [5, 5.41) is 26.0. The summed E-state index contributed by atoms with van der Waals surface area (Å²) in [6.07, 6.45) is 0.253. The largest absolute Gasteiger partial charge is 0.504 e. The summed E-state index contributed by atoms with van der Waals surface area (Å²) in [5.74, 6) is -2.33. The van der Waals surface area contributed by atoms with Crippen LogP contribution in [0.5, 0.6) is 23.0 Å². The van der Waals surface area contributed by atoms with Crippen molar-refractivity contribution in [3.63, 3.8) is 0 Å². The lowest BCUT2D eigenvalue weighted by molar-refractivity contribution is -0.143. The number of imide groups is 1. The number of likely N-dealkylation sites (tertiary alicyclic amines) is 1. The minimum absolute atomic E-state index is 0.0351. The minimum Gasteiger partial charge on any atom is -0.504 e. The maximum Gasteiger partial charge on any atom is 0.250 e. The van der Waals surface area contributed by atoms with Crippen LogP contribution in [0.2, 0.25) is 0 Å². The minimum atomic E-state index is -1.42. The Labute approximate surface area is 216 Å². The average molecular weight is 514 g/mol. The number of hydrogen-bond donors (Lipinski definition) is 4. The van der Waals surface area contributed by atoms with Crippen molar-refractivity contribution in [2.45, 2.75) is 24.5 Å². The number of para-hydroxylation sites is 1. The van der Waals surface area contributed by atoms with Gasteiger partial charge in [-0.15, -0.1) is 0 Å². The van der Waals surface area contributed by atoms with Crippen LogP contribution in [0, 0.1) is 11.8 Å². The number of benzene rings is 3. The third kappa shape index (κ3) is 3.07. The molecular weight excluding hydrogens is 490 g/mol. The Kier molecular flexibility index (Phi) is 4.74. The third-order valence-corrected chi connectivity index (χ3v) is 7.99. The van der Waals surface area contributed by atoms with E-state index >= 15 is 0 Å². The van der Waals surface area contributed by atoms with Gasteiger partial charge in [0, 0.05) is 17.3 Å². The van der Waals surface area contributed by atoms with Crippen molar-refractivity contribution >= 4 is 23.4 Å². The van der Waals surface area contributed by atoms with Crippen LogP contribution >= 0.6 is 0 Å². The van der Waals surface area contributed by atoms with E-state index in [1.807, 2.05) is 0 Å². The van der Waals surface area contributed by atoms with Gasteiger partial charge < -0.3 is 25.0 Å². The molecule has 2 saturated heterocycles. The molecule has 0 saturated carbocycles. The van der Waals surface area contributed by atoms with Crippen LogP contribution in [0.1, 0.15) is 16.7 Å². The standard InChI is InChI=1S/C28H23N3O7/c32-19-7-5-14(10-20(19)33)9-18-23-24(28(30-18)16-3-1-2-4-17(16)29-27(28)36)26(35)31(25(23)34)12-15-6-8-21-22(11-15)38-13-37-21/h1-8,10-11,18,23-24,30,32-33H,9,12-13H2,(H,29,36)/t18-,23+,24-,28+/m0/s1. The first-order valence-electron chi connectivity index (χ1n) is 12.3. The Bertz CT molecular complexity index is 1540. The number of ether oxygens (including phenoxy) is 2. The molecule has 2 fully saturated rings. The highest BCUT2D eigenvalue weighted by Crippen LogP contribution is 2.53. The molecule has 4 N–H and O–H groups in total. The van der Waals surface area contributed by atoms with Crippen molar-refractivity contribution in [3.05, 3.63) is 77.4 Å². The quantitative estimate of drug-likeness (QED) is 0.307. The molecule has 3 amide bonds. The number of rotatable bonds is 4. The normalized spacial score (nSPS) is 26.7. The zero-order valence-electron chi connectivity index (χ0n) is 20.0. The summed E-state index contributed by atoms with van der Waals surface area (Å²) >= 11 is 0. The summed E-state index contributed by atoms with van der Waals surface area (Å²) < 4.78 is 10.8. The van der Waals surface area contributed by atoms with E-state index in [1.165, 1.54) is 17.0 Å². The molecule has 0 aromatic heterocycles. The van der Waals surface area contributed by atoms with Crippen LogP contribution in [-0.4, -0.2) is 45.7 Å². The molecule has 4 aliphatic rings. The molecule has 0 unspecified atom stereocenters. The average Bonchev–Trinajstić information content (AvgIpc) is 3.63. The topological polar surface area (TPSA) is 137 Å². The van der Waals surface area contributed by atoms with Gasteiger partial charge in [0.25, 0.3) is 0 Å². The molecule has 38 heavy (non-hydrogen) atoms. The van der Waals surface area contributed by atoms with Crippen LogP contribution in [0.15, 0.2) is 60.7 Å². The predicted molar refractivity (Wildman–Crippen MR) is 132 cm³/mol. The van der Waals surface area contributed by atoms with Gasteiger partial charge in [-0.05, 0) is 47.9 Å². The van der Waals surface area contributed by atoms with E-state index in [1.54, 1.807) is 48.5 Å². The Hall–Kier alpha value is -4.57. The molecule has 4 heterocycles. The molecule has 0 bridgehead atoms. The fourth-order valence-corrected chi connectivity index (χ4v) is 6.32. The third-order valence-electron chi connectivity index (χ3n) is 7.99. The lowest BCUT2D eigenvalue weighted by atomic mass is 9.76. The van der Waals surface area contributed by atoms with Crippen LogP contribution in [0.3, 0.4) is 0 Å². The smallest absolute Gasteiger partial charge is 0.250 e. The molecule has 0 radical (unpaired) electrons. The first-order chi connectivity index (χ1) is 18.4. The zero-order chi connectivity index (χ0) is 26.2. The molecule has 4 atom stereocenters.